The van der Waals surface area contributed by atoms with E-state index in [0.717, 1.165) is 50.5 Å². The van der Waals surface area contributed by atoms with Gasteiger partial charge in [-0.05, 0) is 38.0 Å². The Balaban J connectivity index is 1.31. The minimum Gasteiger partial charge on any atom is -0.365 e. The van der Waals surface area contributed by atoms with Gasteiger partial charge in [-0.2, -0.15) is 5.10 Å². The first-order chi connectivity index (χ1) is 13.2. The maximum Gasteiger partial charge on any atom is 0.287 e. The zero-order valence-corrected chi connectivity index (χ0v) is 16.0. The van der Waals surface area contributed by atoms with Gasteiger partial charge in [-0.15, -0.1) is 0 Å². The van der Waals surface area contributed by atoms with Gasteiger partial charge >= 0.3 is 0 Å². The van der Waals surface area contributed by atoms with E-state index in [0.29, 0.717) is 17.5 Å². The Morgan fingerprint density at radius 3 is 2.63 bits per heavy atom. The van der Waals surface area contributed by atoms with Crippen molar-refractivity contribution in [3.05, 3.63) is 39.2 Å². The van der Waals surface area contributed by atoms with Crippen LogP contribution in [0.4, 0.5) is 11.5 Å². The van der Waals surface area contributed by atoms with Crippen LogP contribution in [-0.4, -0.2) is 45.9 Å². The van der Waals surface area contributed by atoms with Gasteiger partial charge in [0.25, 0.3) is 5.56 Å². The first-order valence-corrected chi connectivity index (χ1v) is 10.2. The van der Waals surface area contributed by atoms with E-state index in [-0.39, 0.29) is 5.56 Å². The lowest BCUT2D eigenvalue weighted by atomic mass is 10.2. The van der Waals surface area contributed by atoms with E-state index in [4.69, 9.17) is 11.6 Å². The van der Waals surface area contributed by atoms with Crippen LogP contribution in [0.3, 0.4) is 0 Å². The van der Waals surface area contributed by atoms with Crippen molar-refractivity contribution in [1.29, 1.82) is 0 Å². The number of nitrogens with zero attached hydrogens (tertiary/aromatic N) is 6. The molecule has 0 bridgehead atoms. The normalized spacial score (nSPS) is 19.4. The van der Waals surface area contributed by atoms with Gasteiger partial charge < -0.3 is 9.80 Å². The molecule has 0 radical (unpaired) electrons. The molecule has 5 rings (SSSR count). The molecule has 0 amide bonds. The Morgan fingerprint density at radius 1 is 1.07 bits per heavy atom. The monoisotopic (exact) mass is 386 g/mol. The van der Waals surface area contributed by atoms with Crippen LogP contribution in [0.5, 0.6) is 0 Å². The Bertz CT molecular complexity index is 917. The summed E-state index contributed by atoms with van der Waals surface area (Å²) < 4.78 is 1.52. The summed E-state index contributed by atoms with van der Waals surface area (Å²) in [4.78, 5) is 26.0. The van der Waals surface area contributed by atoms with Crippen LogP contribution in [-0.2, 0) is 19.4 Å². The minimum absolute atomic E-state index is 0.169. The number of hydrogen-bond acceptors (Lipinski definition) is 6. The summed E-state index contributed by atoms with van der Waals surface area (Å²) in [6.45, 7) is 3.99. The third-order valence-corrected chi connectivity index (χ3v) is 6.22. The molecule has 8 heteroatoms. The molecule has 142 valence electrons. The predicted molar refractivity (Wildman–Crippen MR) is 105 cm³/mol. The molecule has 3 heterocycles. The highest BCUT2D eigenvalue weighted by atomic mass is 35.5. The molecule has 3 aliphatic rings. The number of fused-ring (bicyclic) bond motifs is 1. The average Bonchev–Trinajstić information content (AvgIpc) is 3.38. The third-order valence-electron chi connectivity index (χ3n) is 5.87. The fraction of sp³-hybridized carbons (Fsp3) is 0.579. The van der Waals surface area contributed by atoms with Crippen molar-refractivity contribution in [1.82, 2.24) is 19.7 Å². The number of piperazine rings is 1. The molecule has 1 saturated carbocycles. The van der Waals surface area contributed by atoms with E-state index in [2.05, 4.69) is 24.9 Å². The average molecular weight is 387 g/mol. The molecule has 0 unspecified atom stereocenters. The van der Waals surface area contributed by atoms with Crippen molar-refractivity contribution >= 4 is 23.1 Å². The van der Waals surface area contributed by atoms with Crippen LogP contribution >= 0.6 is 11.6 Å². The quantitative estimate of drug-likeness (QED) is 0.799. The van der Waals surface area contributed by atoms with Crippen molar-refractivity contribution < 1.29 is 0 Å². The SMILES string of the molecule is O=c1c(Cl)c(N2CCN(c3ncnc4c3CCC4)CC2)cnn1CC1CC1. The van der Waals surface area contributed by atoms with Crippen LogP contribution < -0.4 is 15.4 Å². The first-order valence-electron chi connectivity index (χ1n) is 9.79. The molecule has 0 aromatic carbocycles. The first kappa shape index (κ1) is 17.0. The maximum absolute atomic E-state index is 12.5. The van der Waals surface area contributed by atoms with Gasteiger partial charge in [0.15, 0.2) is 0 Å². The second-order valence-corrected chi connectivity index (χ2v) is 8.10. The molecular formula is C19H23ClN6O. The second kappa shape index (κ2) is 6.78. The molecule has 2 fully saturated rings. The number of anilines is 2. The largest absolute Gasteiger partial charge is 0.365 e. The van der Waals surface area contributed by atoms with Gasteiger partial charge in [0.05, 0.1) is 11.9 Å². The molecule has 27 heavy (non-hydrogen) atoms. The van der Waals surface area contributed by atoms with Gasteiger partial charge in [0.2, 0.25) is 0 Å². The van der Waals surface area contributed by atoms with E-state index in [9.17, 15) is 4.79 Å². The van der Waals surface area contributed by atoms with Crippen LogP contribution in [0.25, 0.3) is 0 Å². The second-order valence-electron chi connectivity index (χ2n) is 7.72. The van der Waals surface area contributed by atoms with Gasteiger partial charge in [-0.1, -0.05) is 11.6 Å². The number of hydrogen-bond donors (Lipinski definition) is 0. The molecule has 0 spiro atoms. The lowest BCUT2D eigenvalue weighted by Crippen LogP contribution is -2.47. The van der Waals surface area contributed by atoms with Crippen molar-refractivity contribution in [2.45, 2.75) is 38.6 Å². The van der Waals surface area contributed by atoms with E-state index in [1.165, 1.54) is 35.2 Å². The van der Waals surface area contributed by atoms with Gasteiger partial charge in [-0.3, -0.25) is 4.79 Å². The molecule has 1 aliphatic heterocycles. The van der Waals surface area contributed by atoms with E-state index in [1.54, 1.807) is 12.5 Å². The van der Waals surface area contributed by atoms with Crippen LogP contribution in [0.15, 0.2) is 17.3 Å². The summed E-state index contributed by atoms with van der Waals surface area (Å²) in [5, 5.41) is 4.66. The lowest BCUT2D eigenvalue weighted by Gasteiger charge is -2.37. The van der Waals surface area contributed by atoms with Crippen LogP contribution in [0.2, 0.25) is 5.02 Å². The fourth-order valence-electron chi connectivity index (χ4n) is 4.13. The van der Waals surface area contributed by atoms with E-state index < -0.39 is 0 Å². The molecule has 1 saturated heterocycles. The fourth-order valence-corrected chi connectivity index (χ4v) is 4.39. The minimum atomic E-state index is -0.169. The molecule has 0 atom stereocenters. The van der Waals surface area contributed by atoms with Gasteiger partial charge in [-0.25, -0.2) is 14.6 Å². The predicted octanol–water partition coefficient (Wildman–Crippen LogP) is 1.91. The maximum atomic E-state index is 12.5. The molecule has 0 N–H and O–H groups in total. The lowest BCUT2D eigenvalue weighted by molar-refractivity contribution is 0.531. The zero-order chi connectivity index (χ0) is 18.4. The van der Waals surface area contributed by atoms with Crippen molar-refractivity contribution in [3.8, 4) is 0 Å². The number of aryl methyl sites for hydroxylation is 1. The summed E-state index contributed by atoms with van der Waals surface area (Å²) in [5.41, 5.74) is 3.10. The highest BCUT2D eigenvalue weighted by Gasteiger charge is 2.27. The third kappa shape index (κ3) is 3.18. The number of rotatable bonds is 4. The Labute approximate surface area is 163 Å². The highest BCUT2D eigenvalue weighted by molar-refractivity contribution is 6.33. The molecule has 7 nitrogen and oxygen atoms in total. The highest BCUT2D eigenvalue weighted by Crippen LogP contribution is 2.31. The summed E-state index contributed by atoms with van der Waals surface area (Å²) in [7, 11) is 0. The Hall–Kier alpha value is -2.15. The Kier molecular flexibility index (Phi) is 4.27. The summed E-state index contributed by atoms with van der Waals surface area (Å²) in [5.74, 6) is 1.68. The molecule has 2 aromatic rings. The summed E-state index contributed by atoms with van der Waals surface area (Å²) >= 11 is 6.42. The summed E-state index contributed by atoms with van der Waals surface area (Å²) in [6.07, 6.45) is 9.10. The zero-order valence-electron chi connectivity index (χ0n) is 15.3. The van der Waals surface area contributed by atoms with E-state index in [1.807, 2.05) is 0 Å². The smallest absolute Gasteiger partial charge is 0.287 e. The molecule has 2 aromatic heterocycles. The van der Waals surface area contributed by atoms with Crippen molar-refractivity contribution in [2.24, 2.45) is 5.92 Å². The topological polar surface area (TPSA) is 67.2 Å². The Morgan fingerprint density at radius 2 is 1.85 bits per heavy atom. The standard InChI is InChI=1S/C19H23ClN6O/c20-17-16(10-23-26(19(17)27)11-13-4-5-13)24-6-8-25(9-7-24)18-14-2-1-3-15(14)21-12-22-18/h10,12-13H,1-9,11H2. The van der Waals surface area contributed by atoms with Crippen molar-refractivity contribution in [2.75, 3.05) is 36.0 Å². The van der Waals surface area contributed by atoms with Crippen LogP contribution in [0.1, 0.15) is 30.5 Å². The summed E-state index contributed by atoms with van der Waals surface area (Å²) in [6, 6.07) is 0. The number of aromatic nitrogens is 4. The van der Waals surface area contributed by atoms with Crippen molar-refractivity contribution in [3.63, 3.8) is 0 Å². The number of halogens is 1. The molecular weight excluding hydrogens is 364 g/mol. The van der Waals surface area contributed by atoms with Gasteiger partial charge in [0.1, 0.15) is 17.2 Å². The van der Waals surface area contributed by atoms with E-state index >= 15 is 0 Å². The molecule has 2 aliphatic carbocycles. The van der Waals surface area contributed by atoms with Gasteiger partial charge in [0, 0.05) is 44.0 Å². The van der Waals surface area contributed by atoms with Crippen LogP contribution in [0, 0.1) is 5.92 Å².